The molecule has 0 radical (unpaired) electrons. The molecular formula is C15H14O5S2. The third-order valence-electron chi connectivity index (χ3n) is 3.33. The number of ether oxygens (including phenoxy) is 3. The van der Waals surface area contributed by atoms with Crippen molar-refractivity contribution in [2.45, 2.75) is 12.7 Å². The summed E-state index contributed by atoms with van der Waals surface area (Å²) in [5.41, 5.74) is 0.553. The van der Waals surface area contributed by atoms with Crippen LogP contribution >= 0.6 is 23.5 Å². The Balaban J connectivity index is 1.93. The van der Waals surface area contributed by atoms with Gasteiger partial charge in [-0.2, -0.15) is 0 Å². The monoisotopic (exact) mass is 338 g/mol. The van der Waals surface area contributed by atoms with Crippen LogP contribution in [0.15, 0.2) is 34.1 Å². The van der Waals surface area contributed by atoms with E-state index in [-0.39, 0.29) is 5.57 Å². The number of hydrogen-bond donors (Lipinski definition) is 0. The van der Waals surface area contributed by atoms with Gasteiger partial charge in [-0.1, -0.05) is 12.1 Å². The molecule has 2 fully saturated rings. The van der Waals surface area contributed by atoms with Crippen molar-refractivity contribution >= 4 is 35.5 Å². The molecule has 5 nitrogen and oxygen atoms in total. The van der Waals surface area contributed by atoms with Crippen molar-refractivity contribution in [3.8, 4) is 5.75 Å². The van der Waals surface area contributed by atoms with Crippen molar-refractivity contribution in [3.05, 3.63) is 39.6 Å². The number of thioether (sulfide) groups is 2. The van der Waals surface area contributed by atoms with Gasteiger partial charge in [0.1, 0.15) is 5.75 Å². The van der Waals surface area contributed by atoms with Gasteiger partial charge in [-0.3, -0.25) is 0 Å². The third kappa shape index (κ3) is 2.70. The zero-order chi connectivity index (χ0) is 15.7. The number of cyclic esters (lactones) is 2. The van der Waals surface area contributed by atoms with E-state index in [9.17, 15) is 9.59 Å². The third-order valence-corrected chi connectivity index (χ3v) is 6.05. The fourth-order valence-electron chi connectivity index (χ4n) is 2.20. The van der Waals surface area contributed by atoms with Crippen molar-refractivity contribution in [3.63, 3.8) is 0 Å². The first-order valence-corrected chi connectivity index (χ1v) is 8.62. The topological polar surface area (TPSA) is 61.8 Å². The maximum absolute atomic E-state index is 12.3. The zero-order valence-electron chi connectivity index (χ0n) is 12.1. The van der Waals surface area contributed by atoms with Gasteiger partial charge in [-0.25, -0.2) is 9.59 Å². The first-order valence-electron chi connectivity index (χ1n) is 6.64. The van der Waals surface area contributed by atoms with Crippen molar-refractivity contribution < 1.29 is 23.8 Å². The summed E-state index contributed by atoms with van der Waals surface area (Å²) in [6, 6.07) is 6.91. The van der Waals surface area contributed by atoms with Crippen LogP contribution in [-0.2, 0) is 24.8 Å². The minimum Gasteiger partial charge on any atom is -0.497 e. The Hall–Kier alpha value is -1.60. The molecule has 116 valence electrons. The molecule has 2 heterocycles. The maximum Gasteiger partial charge on any atom is 0.350 e. The van der Waals surface area contributed by atoms with Crippen molar-refractivity contribution in [1.29, 1.82) is 0 Å². The van der Waals surface area contributed by atoms with Crippen LogP contribution in [0.4, 0.5) is 0 Å². The number of carbonyl (C=O) groups excluding carboxylic acids is 2. The van der Waals surface area contributed by atoms with Crippen molar-refractivity contribution in [2.24, 2.45) is 0 Å². The van der Waals surface area contributed by atoms with E-state index in [1.807, 2.05) is 0 Å². The van der Waals surface area contributed by atoms with Gasteiger partial charge in [0.15, 0.2) is 5.57 Å². The summed E-state index contributed by atoms with van der Waals surface area (Å²) >= 11 is 2.96. The largest absolute Gasteiger partial charge is 0.497 e. The number of benzene rings is 1. The molecule has 0 amide bonds. The molecule has 0 bridgehead atoms. The van der Waals surface area contributed by atoms with E-state index in [0.29, 0.717) is 15.6 Å². The number of carbonyl (C=O) groups is 2. The highest BCUT2D eigenvalue weighted by atomic mass is 32.2. The highest BCUT2D eigenvalue weighted by Crippen LogP contribution is 2.43. The van der Waals surface area contributed by atoms with Crippen LogP contribution < -0.4 is 4.74 Å². The van der Waals surface area contributed by atoms with Gasteiger partial charge in [0.05, 0.1) is 11.3 Å². The van der Waals surface area contributed by atoms with Crippen LogP contribution in [0.3, 0.4) is 0 Å². The SMILES string of the molecule is COc1cccc(C2(C)OC(=O)C(=C3SCCS3)C(=O)O2)c1. The summed E-state index contributed by atoms with van der Waals surface area (Å²) in [4.78, 5) is 24.6. The fraction of sp³-hybridized carbons (Fsp3) is 0.333. The second-order valence-electron chi connectivity index (χ2n) is 4.82. The minimum atomic E-state index is -1.44. The van der Waals surface area contributed by atoms with Crippen LogP contribution in [0.25, 0.3) is 0 Å². The molecule has 0 aromatic heterocycles. The van der Waals surface area contributed by atoms with E-state index in [2.05, 4.69) is 0 Å². The van der Waals surface area contributed by atoms with E-state index >= 15 is 0 Å². The normalized spacial score (nSPS) is 25.0. The van der Waals surface area contributed by atoms with Gasteiger partial charge < -0.3 is 14.2 Å². The lowest BCUT2D eigenvalue weighted by molar-refractivity contribution is -0.234. The molecule has 22 heavy (non-hydrogen) atoms. The summed E-state index contributed by atoms with van der Waals surface area (Å²) < 4.78 is 16.7. The lowest BCUT2D eigenvalue weighted by Gasteiger charge is -2.34. The Morgan fingerprint density at radius 2 is 1.77 bits per heavy atom. The van der Waals surface area contributed by atoms with Gasteiger partial charge >= 0.3 is 11.9 Å². The minimum absolute atomic E-state index is 0.00729. The van der Waals surface area contributed by atoms with Crippen LogP contribution in [0.2, 0.25) is 0 Å². The molecule has 0 aliphatic carbocycles. The van der Waals surface area contributed by atoms with E-state index in [0.717, 1.165) is 11.5 Å². The molecule has 3 rings (SSSR count). The standard InChI is InChI=1S/C15H14O5S2/c1-15(9-4-3-5-10(8-9)18-2)19-12(16)11(13(17)20-15)14-21-6-7-22-14/h3-5,8H,6-7H2,1-2H3. The Morgan fingerprint density at radius 1 is 1.14 bits per heavy atom. The Morgan fingerprint density at radius 3 is 2.36 bits per heavy atom. The summed E-state index contributed by atoms with van der Waals surface area (Å²) in [7, 11) is 1.54. The van der Waals surface area contributed by atoms with E-state index < -0.39 is 17.7 Å². The highest BCUT2D eigenvalue weighted by Gasteiger charge is 2.46. The molecule has 2 saturated heterocycles. The van der Waals surface area contributed by atoms with Crippen LogP contribution in [0.5, 0.6) is 5.75 Å². The second-order valence-corrected chi connectivity index (χ2v) is 7.28. The lowest BCUT2D eigenvalue weighted by atomic mass is 10.1. The van der Waals surface area contributed by atoms with Gasteiger partial charge in [0, 0.05) is 24.0 Å². The average Bonchev–Trinajstić information content (AvgIpc) is 3.00. The number of methoxy groups -OCH3 is 1. The molecule has 0 unspecified atom stereocenters. The molecule has 2 aliphatic heterocycles. The molecule has 2 aliphatic rings. The molecule has 0 spiro atoms. The molecule has 7 heteroatoms. The van der Waals surface area contributed by atoms with Gasteiger partial charge in [-0.05, 0) is 12.1 Å². The van der Waals surface area contributed by atoms with Gasteiger partial charge in [0.25, 0.3) is 5.79 Å². The smallest absolute Gasteiger partial charge is 0.350 e. The average molecular weight is 338 g/mol. The van der Waals surface area contributed by atoms with Gasteiger partial charge in [0.2, 0.25) is 0 Å². The van der Waals surface area contributed by atoms with Gasteiger partial charge in [-0.15, -0.1) is 23.5 Å². The Bertz CT molecular complexity index is 640. The zero-order valence-corrected chi connectivity index (χ0v) is 13.7. The number of hydrogen-bond acceptors (Lipinski definition) is 7. The molecular weight excluding hydrogens is 324 g/mol. The Kier molecular flexibility index (Phi) is 4.10. The predicted molar refractivity (Wildman–Crippen MR) is 84.5 cm³/mol. The van der Waals surface area contributed by atoms with E-state index in [4.69, 9.17) is 14.2 Å². The summed E-state index contributed by atoms with van der Waals surface area (Å²) in [6.45, 7) is 1.55. The van der Waals surface area contributed by atoms with Crippen LogP contribution in [0.1, 0.15) is 12.5 Å². The van der Waals surface area contributed by atoms with E-state index in [1.54, 1.807) is 31.2 Å². The predicted octanol–water partition coefficient (Wildman–Crippen LogP) is 2.66. The molecule has 0 N–H and O–H groups in total. The molecule has 0 saturated carbocycles. The van der Waals surface area contributed by atoms with Crippen molar-refractivity contribution in [1.82, 2.24) is 0 Å². The summed E-state index contributed by atoms with van der Waals surface area (Å²) in [6.07, 6.45) is 0. The first kappa shape index (κ1) is 15.3. The summed E-state index contributed by atoms with van der Waals surface area (Å²) in [5, 5.41) is 0. The Labute approximate surface area is 136 Å². The lowest BCUT2D eigenvalue weighted by Crippen LogP contribution is -2.42. The quantitative estimate of drug-likeness (QED) is 0.467. The molecule has 1 aromatic carbocycles. The number of rotatable bonds is 2. The molecule has 0 atom stereocenters. The van der Waals surface area contributed by atoms with Crippen molar-refractivity contribution in [2.75, 3.05) is 18.6 Å². The number of esters is 2. The molecule has 1 aromatic rings. The summed E-state index contributed by atoms with van der Waals surface area (Å²) in [5.74, 6) is -0.386. The maximum atomic E-state index is 12.3. The highest BCUT2D eigenvalue weighted by molar-refractivity contribution is 8.25. The van der Waals surface area contributed by atoms with Crippen LogP contribution in [0, 0.1) is 0 Å². The fourth-order valence-corrected chi connectivity index (χ4v) is 4.70. The van der Waals surface area contributed by atoms with Crippen LogP contribution in [-0.4, -0.2) is 30.6 Å². The first-order chi connectivity index (χ1) is 10.5. The van der Waals surface area contributed by atoms with E-state index in [1.165, 1.54) is 30.6 Å². The second kappa shape index (κ2) is 5.89.